The molecule has 0 aliphatic carbocycles. The molecule has 1 unspecified atom stereocenters. The average Bonchev–Trinajstić information content (AvgIpc) is 2.34. The first kappa shape index (κ1) is 10.8. The Hall–Kier alpha value is -1.71. The van der Waals surface area contributed by atoms with Gasteiger partial charge in [0.25, 0.3) is 0 Å². The molecule has 2 nitrogen and oxygen atoms in total. The zero-order valence-corrected chi connectivity index (χ0v) is 8.78. The van der Waals surface area contributed by atoms with Crippen LogP contribution in [0.5, 0.6) is 0 Å². The molecule has 16 heavy (non-hydrogen) atoms. The fraction of sp³-hybridized carbons (Fsp3) is 0.0769. The number of fused-ring (bicyclic) bond motifs is 1. The molecule has 0 saturated heterocycles. The number of benzene rings is 2. The fourth-order valence-electron chi connectivity index (χ4n) is 1.84. The molecule has 82 valence electrons. The van der Waals surface area contributed by atoms with Gasteiger partial charge in [-0.25, -0.2) is 9.82 Å². The predicted molar refractivity (Wildman–Crippen MR) is 64.2 cm³/mol. The lowest BCUT2D eigenvalue weighted by atomic mass is 9.99. The molecular formula is C13H13FN2. The Kier molecular flexibility index (Phi) is 2.99. The maximum atomic E-state index is 13.6. The van der Waals surface area contributed by atoms with Gasteiger partial charge in [-0.05, 0) is 17.0 Å². The normalized spacial score (nSPS) is 12.6. The molecule has 2 rings (SSSR count). The van der Waals surface area contributed by atoms with Crippen LogP contribution in [0.15, 0.2) is 49.1 Å². The summed E-state index contributed by atoms with van der Waals surface area (Å²) in [6.07, 6.45) is 1.69. The van der Waals surface area contributed by atoms with Crippen LogP contribution in [0, 0.1) is 5.82 Å². The van der Waals surface area contributed by atoms with Gasteiger partial charge in [0.1, 0.15) is 5.82 Å². The molecule has 0 saturated carbocycles. The molecule has 2 aromatic rings. The average molecular weight is 216 g/mol. The van der Waals surface area contributed by atoms with Crippen LogP contribution in [0.4, 0.5) is 4.39 Å². The number of rotatable bonds is 3. The van der Waals surface area contributed by atoms with Crippen molar-refractivity contribution in [1.29, 1.82) is 0 Å². The lowest BCUT2D eigenvalue weighted by Gasteiger charge is -2.14. The third kappa shape index (κ3) is 1.71. The number of hydrazine groups is 1. The van der Waals surface area contributed by atoms with Crippen LogP contribution >= 0.6 is 0 Å². The summed E-state index contributed by atoms with van der Waals surface area (Å²) in [5, 5.41) is 1.45. The topological polar surface area (TPSA) is 38.0 Å². The lowest BCUT2D eigenvalue weighted by molar-refractivity contribution is 0.634. The van der Waals surface area contributed by atoms with Crippen molar-refractivity contribution in [2.75, 3.05) is 0 Å². The Morgan fingerprint density at radius 2 is 1.88 bits per heavy atom. The second kappa shape index (κ2) is 4.43. The highest BCUT2D eigenvalue weighted by atomic mass is 19.1. The summed E-state index contributed by atoms with van der Waals surface area (Å²) in [6, 6.07) is 10.3. The molecule has 0 aliphatic heterocycles. The van der Waals surface area contributed by atoms with Crippen molar-refractivity contribution < 1.29 is 4.39 Å². The van der Waals surface area contributed by atoms with Gasteiger partial charge in [-0.2, -0.15) is 0 Å². The van der Waals surface area contributed by atoms with Crippen molar-refractivity contribution in [2.45, 2.75) is 6.04 Å². The Bertz CT molecular complexity index is 522. The monoisotopic (exact) mass is 216 g/mol. The second-order valence-corrected chi connectivity index (χ2v) is 3.56. The number of nitrogens with two attached hydrogens (primary N) is 1. The van der Waals surface area contributed by atoms with Crippen molar-refractivity contribution in [3.63, 3.8) is 0 Å². The van der Waals surface area contributed by atoms with Gasteiger partial charge < -0.3 is 0 Å². The molecule has 0 amide bonds. The van der Waals surface area contributed by atoms with E-state index in [1.807, 2.05) is 18.2 Å². The number of hydrogen-bond donors (Lipinski definition) is 2. The summed E-state index contributed by atoms with van der Waals surface area (Å²) in [7, 11) is 0. The second-order valence-electron chi connectivity index (χ2n) is 3.56. The Morgan fingerprint density at radius 1 is 1.19 bits per heavy atom. The van der Waals surface area contributed by atoms with Crippen molar-refractivity contribution in [2.24, 2.45) is 5.84 Å². The van der Waals surface area contributed by atoms with Crippen molar-refractivity contribution in [3.8, 4) is 0 Å². The first-order valence-corrected chi connectivity index (χ1v) is 5.03. The van der Waals surface area contributed by atoms with E-state index in [2.05, 4.69) is 12.0 Å². The van der Waals surface area contributed by atoms with Crippen LogP contribution in [0.1, 0.15) is 11.6 Å². The molecule has 1 atom stereocenters. The van der Waals surface area contributed by atoms with Crippen molar-refractivity contribution >= 4 is 10.8 Å². The summed E-state index contributed by atoms with van der Waals surface area (Å²) >= 11 is 0. The highest BCUT2D eigenvalue weighted by Crippen LogP contribution is 2.26. The molecule has 0 aliphatic rings. The van der Waals surface area contributed by atoms with E-state index in [9.17, 15) is 4.39 Å². The highest BCUT2D eigenvalue weighted by molar-refractivity contribution is 5.86. The third-order valence-electron chi connectivity index (χ3n) is 2.65. The summed E-state index contributed by atoms with van der Waals surface area (Å²) in [6.45, 7) is 3.70. The Morgan fingerprint density at radius 3 is 2.50 bits per heavy atom. The number of hydrogen-bond acceptors (Lipinski definition) is 2. The minimum Gasteiger partial charge on any atom is -0.271 e. The molecular weight excluding hydrogens is 203 g/mol. The zero-order chi connectivity index (χ0) is 11.5. The van der Waals surface area contributed by atoms with Crippen LogP contribution in [0.2, 0.25) is 0 Å². The van der Waals surface area contributed by atoms with Crippen molar-refractivity contribution in [3.05, 3.63) is 60.4 Å². The van der Waals surface area contributed by atoms with Crippen LogP contribution < -0.4 is 11.3 Å². The van der Waals surface area contributed by atoms with Gasteiger partial charge >= 0.3 is 0 Å². The molecule has 0 spiro atoms. The van der Waals surface area contributed by atoms with E-state index in [1.165, 1.54) is 6.07 Å². The lowest BCUT2D eigenvalue weighted by Crippen LogP contribution is -2.26. The van der Waals surface area contributed by atoms with Gasteiger partial charge in [-0.1, -0.05) is 36.4 Å². The molecule has 0 heterocycles. The summed E-state index contributed by atoms with van der Waals surface area (Å²) in [5.41, 5.74) is 3.56. The minimum absolute atomic E-state index is 0.175. The molecule has 3 N–H and O–H groups in total. The van der Waals surface area contributed by atoms with E-state index in [0.29, 0.717) is 5.39 Å². The quantitative estimate of drug-likeness (QED) is 0.470. The Balaban J connectivity index is 2.71. The number of nitrogens with one attached hydrogen (secondary N) is 1. The van der Waals surface area contributed by atoms with Crippen LogP contribution in [0.25, 0.3) is 10.8 Å². The van der Waals surface area contributed by atoms with E-state index in [1.54, 1.807) is 18.2 Å². The molecule has 0 bridgehead atoms. The molecule has 0 aromatic heterocycles. The van der Waals surface area contributed by atoms with Gasteiger partial charge in [-0.15, -0.1) is 6.58 Å². The molecule has 0 fully saturated rings. The van der Waals surface area contributed by atoms with Crippen molar-refractivity contribution in [1.82, 2.24) is 5.43 Å². The predicted octanol–water partition coefficient (Wildman–Crippen LogP) is 2.67. The van der Waals surface area contributed by atoms with E-state index in [4.69, 9.17) is 5.84 Å². The van der Waals surface area contributed by atoms with E-state index in [-0.39, 0.29) is 11.9 Å². The minimum atomic E-state index is -0.223. The first-order chi connectivity index (χ1) is 7.77. The third-order valence-corrected chi connectivity index (χ3v) is 2.65. The van der Waals surface area contributed by atoms with Gasteiger partial charge in [0, 0.05) is 5.39 Å². The molecule has 2 aromatic carbocycles. The highest BCUT2D eigenvalue weighted by Gasteiger charge is 2.11. The summed E-state index contributed by atoms with van der Waals surface area (Å²) in [5.74, 6) is 5.21. The maximum absolute atomic E-state index is 13.6. The van der Waals surface area contributed by atoms with E-state index in [0.717, 1.165) is 10.9 Å². The van der Waals surface area contributed by atoms with Gasteiger partial charge in [0.15, 0.2) is 0 Å². The maximum Gasteiger partial charge on any atom is 0.131 e. The standard InChI is InChI=1S/C13H13FN2/c1-2-13(16-15)11-7-8-12(14)10-6-4-3-5-9(10)11/h2-8,13,16H,1,15H2. The van der Waals surface area contributed by atoms with Gasteiger partial charge in [0.05, 0.1) is 6.04 Å². The van der Waals surface area contributed by atoms with Crippen LogP contribution in [0.3, 0.4) is 0 Å². The fourth-order valence-corrected chi connectivity index (χ4v) is 1.84. The SMILES string of the molecule is C=CC(NN)c1ccc(F)c2ccccc12. The largest absolute Gasteiger partial charge is 0.271 e. The van der Waals surface area contributed by atoms with Crippen LogP contribution in [-0.4, -0.2) is 0 Å². The van der Waals surface area contributed by atoms with Crippen LogP contribution in [-0.2, 0) is 0 Å². The molecule has 3 heteroatoms. The summed E-state index contributed by atoms with van der Waals surface area (Å²) in [4.78, 5) is 0. The van der Waals surface area contributed by atoms with Gasteiger partial charge in [0.2, 0.25) is 0 Å². The Labute approximate surface area is 93.5 Å². The smallest absolute Gasteiger partial charge is 0.131 e. The first-order valence-electron chi connectivity index (χ1n) is 5.03. The number of halogens is 1. The van der Waals surface area contributed by atoms with E-state index >= 15 is 0 Å². The van der Waals surface area contributed by atoms with Gasteiger partial charge in [-0.3, -0.25) is 5.84 Å². The zero-order valence-electron chi connectivity index (χ0n) is 8.78. The summed E-state index contributed by atoms with van der Waals surface area (Å²) < 4.78 is 13.6. The van der Waals surface area contributed by atoms with E-state index < -0.39 is 0 Å². The molecule has 0 radical (unpaired) electrons.